The maximum absolute atomic E-state index is 13.0. The minimum absolute atomic E-state index is 0.117. The summed E-state index contributed by atoms with van der Waals surface area (Å²) >= 11 is 0. The fourth-order valence-corrected chi connectivity index (χ4v) is 5.24. The Balaban J connectivity index is 1.44. The highest BCUT2D eigenvalue weighted by Gasteiger charge is 2.45. The molecule has 4 atom stereocenters. The number of nitrogens with zero attached hydrogens (tertiary/aromatic N) is 2. The van der Waals surface area contributed by atoms with Crippen molar-refractivity contribution in [3.8, 4) is 0 Å². The maximum atomic E-state index is 13.0. The van der Waals surface area contributed by atoms with Crippen LogP contribution in [-0.2, 0) is 9.59 Å². The van der Waals surface area contributed by atoms with E-state index in [9.17, 15) is 19.2 Å². The molecule has 3 N–H and O–H groups in total. The first-order valence-electron chi connectivity index (χ1n) is 9.80. The summed E-state index contributed by atoms with van der Waals surface area (Å²) < 4.78 is 0. The van der Waals surface area contributed by atoms with Crippen LogP contribution in [0.25, 0.3) is 0 Å². The van der Waals surface area contributed by atoms with E-state index in [1.54, 1.807) is 12.1 Å². The molecule has 146 valence electrons. The SMILES string of the molecule is NC1CC2CC(C1)N(c1ccc3c(c1)C(=O)N(C1CCC(=O)NC1=O)C3=O)C2. The second-order valence-corrected chi connectivity index (χ2v) is 8.32. The highest BCUT2D eigenvalue weighted by atomic mass is 16.2. The average Bonchev–Trinajstić information content (AvgIpc) is 3.09. The summed E-state index contributed by atoms with van der Waals surface area (Å²) in [4.78, 5) is 52.6. The molecular formula is C20H22N4O4. The Labute approximate surface area is 162 Å². The molecule has 1 aromatic carbocycles. The van der Waals surface area contributed by atoms with E-state index in [4.69, 9.17) is 5.73 Å². The molecule has 28 heavy (non-hydrogen) atoms. The first-order valence-corrected chi connectivity index (χ1v) is 9.80. The van der Waals surface area contributed by atoms with Gasteiger partial charge < -0.3 is 10.6 Å². The zero-order chi connectivity index (χ0) is 19.6. The number of carbonyl (C=O) groups is 4. The lowest BCUT2D eigenvalue weighted by molar-refractivity contribution is -0.136. The van der Waals surface area contributed by atoms with Crippen molar-refractivity contribution in [2.24, 2.45) is 11.7 Å². The predicted octanol–water partition coefficient (Wildman–Crippen LogP) is 0.404. The summed E-state index contributed by atoms with van der Waals surface area (Å²) in [5.74, 6) is -1.33. The summed E-state index contributed by atoms with van der Waals surface area (Å²) in [6.07, 6.45) is 3.35. The average molecular weight is 382 g/mol. The van der Waals surface area contributed by atoms with Gasteiger partial charge in [0.05, 0.1) is 11.1 Å². The van der Waals surface area contributed by atoms with Gasteiger partial charge in [0.15, 0.2) is 0 Å². The second kappa shape index (κ2) is 6.13. The third kappa shape index (κ3) is 2.55. The molecule has 8 nitrogen and oxygen atoms in total. The number of benzene rings is 1. The van der Waals surface area contributed by atoms with Crippen molar-refractivity contribution in [3.05, 3.63) is 29.3 Å². The van der Waals surface area contributed by atoms with E-state index in [1.165, 1.54) is 0 Å². The van der Waals surface area contributed by atoms with Gasteiger partial charge in [0.1, 0.15) is 6.04 Å². The normalized spacial score (nSPS) is 32.0. The molecule has 3 aliphatic heterocycles. The third-order valence-corrected chi connectivity index (χ3v) is 6.47. The van der Waals surface area contributed by atoms with Crippen LogP contribution in [0.4, 0.5) is 5.69 Å². The number of piperidine rings is 1. The number of anilines is 1. The minimum atomic E-state index is -0.933. The van der Waals surface area contributed by atoms with E-state index < -0.39 is 23.8 Å². The summed E-state index contributed by atoms with van der Waals surface area (Å²) in [5.41, 5.74) is 7.73. The molecule has 1 saturated carbocycles. The smallest absolute Gasteiger partial charge is 0.262 e. The Hall–Kier alpha value is -2.74. The van der Waals surface area contributed by atoms with Gasteiger partial charge in [-0.25, -0.2) is 0 Å². The second-order valence-electron chi connectivity index (χ2n) is 8.32. The first-order chi connectivity index (χ1) is 13.4. The summed E-state index contributed by atoms with van der Waals surface area (Å²) in [5, 5.41) is 2.22. The zero-order valence-electron chi connectivity index (χ0n) is 15.4. The summed E-state index contributed by atoms with van der Waals surface area (Å²) in [6.45, 7) is 0.913. The fraction of sp³-hybridized carbons (Fsp3) is 0.500. The summed E-state index contributed by atoms with van der Waals surface area (Å²) in [7, 11) is 0. The third-order valence-electron chi connectivity index (χ3n) is 6.47. The maximum Gasteiger partial charge on any atom is 0.262 e. The molecule has 2 saturated heterocycles. The van der Waals surface area contributed by atoms with Gasteiger partial charge in [0.25, 0.3) is 11.8 Å². The van der Waals surface area contributed by atoms with Gasteiger partial charge in [-0.15, -0.1) is 0 Å². The largest absolute Gasteiger partial charge is 0.368 e. The Morgan fingerprint density at radius 2 is 1.79 bits per heavy atom. The number of imide groups is 2. The van der Waals surface area contributed by atoms with Crippen LogP contribution in [-0.4, -0.2) is 53.2 Å². The van der Waals surface area contributed by atoms with Crippen LogP contribution in [0.2, 0.25) is 0 Å². The number of nitrogens with two attached hydrogens (primary N) is 1. The topological polar surface area (TPSA) is 113 Å². The van der Waals surface area contributed by atoms with Gasteiger partial charge in [-0.1, -0.05) is 0 Å². The van der Waals surface area contributed by atoms with Gasteiger partial charge in [0, 0.05) is 30.7 Å². The molecule has 2 bridgehead atoms. The Kier molecular flexibility index (Phi) is 3.80. The lowest BCUT2D eigenvalue weighted by atomic mass is 9.87. The Morgan fingerprint density at radius 1 is 1.00 bits per heavy atom. The fourth-order valence-electron chi connectivity index (χ4n) is 5.24. The Bertz CT molecular complexity index is 913. The van der Waals surface area contributed by atoms with Crippen LogP contribution in [0.5, 0.6) is 0 Å². The Morgan fingerprint density at radius 3 is 2.57 bits per heavy atom. The number of rotatable bonds is 2. The van der Waals surface area contributed by atoms with Crippen molar-refractivity contribution in [3.63, 3.8) is 0 Å². The molecule has 4 unspecified atom stereocenters. The monoisotopic (exact) mass is 382 g/mol. The number of nitrogens with one attached hydrogen (secondary N) is 1. The molecule has 1 aromatic rings. The van der Waals surface area contributed by atoms with E-state index in [0.717, 1.165) is 36.4 Å². The van der Waals surface area contributed by atoms with Crippen molar-refractivity contribution in [2.45, 2.75) is 50.2 Å². The van der Waals surface area contributed by atoms with E-state index in [0.29, 0.717) is 23.1 Å². The highest BCUT2D eigenvalue weighted by Crippen LogP contribution is 2.39. The quantitative estimate of drug-likeness (QED) is 0.716. The van der Waals surface area contributed by atoms with Crippen LogP contribution < -0.4 is 16.0 Å². The van der Waals surface area contributed by atoms with E-state index in [1.807, 2.05) is 6.07 Å². The van der Waals surface area contributed by atoms with Gasteiger partial charge >= 0.3 is 0 Å². The predicted molar refractivity (Wildman–Crippen MR) is 99.6 cm³/mol. The van der Waals surface area contributed by atoms with Crippen LogP contribution in [0.15, 0.2) is 18.2 Å². The van der Waals surface area contributed by atoms with E-state index in [2.05, 4.69) is 10.2 Å². The minimum Gasteiger partial charge on any atom is -0.368 e. The molecule has 5 rings (SSSR count). The lowest BCUT2D eigenvalue weighted by Gasteiger charge is -2.29. The molecule has 3 heterocycles. The van der Waals surface area contributed by atoms with Gasteiger partial charge in [-0.2, -0.15) is 0 Å². The van der Waals surface area contributed by atoms with Crippen molar-refractivity contribution >= 4 is 29.3 Å². The molecule has 0 spiro atoms. The van der Waals surface area contributed by atoms with E-state index >= 15 is 0 Å². The molecule has 4 aliphatic rings. The van der Waals surface area contributed by atoms with Gasteiger partial charge in [-0.3, -0.25) is 29.4 Å². The van der Waals surface area contributed by atoms with Crippen molar-refractivity contribution in [1.82, 2.24) is 10.2 Å². The highest BCUT2D eigenvalue weighted by molar-refractivity contribution is 6.23. The molecular weight excluding hydrogens is 360 g/mol. The summed E-state index contributed by atoms with van der Waals surface area (Å²) in [6, 6.07) is 4.98. The first kappa shape index (κ1) is 17.4. The number of hydrogen-bond acceptors (Lipinski definition) is 6. The van der Waals surface area contributed by atoms with Crippen LogP contribution >= 0.6 is 0 Å². The van der Waals surface area contributed by atoms with Gasteiger partial charge in [0.2, 0.25) is 11.8 Å². The molecule has 8 heteroatoms. The van der Waals surface area contributed by atoms with Crippen molar-refractivity contribution < 1.29 is 19.2 Å². The molecule has 1 aliphatic carbocycles. The number of amides is 4. The molecule has 3 fully saturated rings. The lowest BCUT2D eigenvalue weighted by Crippen LogP contribution is -2.54. The van der Waals surface area contributed by atoms with Crippen molar-refractivity contribution in [2.75, 3.05) is 11.4 Å². The van der Waals surface area contributed by atoms with Crippen LogP contribution in [0.1, 0.15) is 52.8 Å². The number of fused-ring (bicyclic) bond motifs is 3. The zero-order valence-corrected chi connectivity index (χ0v) is 15.4. The molecule has 4 amide bonds. The van der Waals surface area contributed by atoms with E-state index in [-0.39, 0.29) is 24.8 Å². The molecule has 0 radical (unpaired) electrons. The number of carbonyl (C=O) groups excluding carboxylic acids is 4. The standard InChI is InChI=1S/C20H22N4O4/c21-11-5-10-6-13(7-11)23(9-10)12-1-2-14-15(8-12)20(28)24(19(14)27)16-3-4-17(25)22-18(16)26/h1-2,8,10-11,13,16H,3-7,9,21H2,(H,22,25,26). The number of hydrogen-bond donors (Lipinski definition) is 2. The van der Waals surface area contributed by atoms with Crippen LogP contribution in [0.3, 0.4) is 0 Å². The van der Waals surface area contributed by atoms with Crippen LogP contribution in [0, 0.1) is 5.92 Å². The molecule has 0 aromatic heterocycles. The van der Waals surface area contributed by atoms with Gasteiger partial charge in [-0.05, 0) is 49.8 Å². The van der Waals surface area contributed by atoms with Crippen molar-refractivity contribution in [1.29, 1.82) is 0 Å².